The third-order valence-electron chi connectivity index (χ3n) is 5.70. The second kappa shape index (κ2) is 19.6. The van der Waals surface area contributed by atoms with Crippen LogP contribution >= 0.6 is 8.60 Å². The lowest BCUT2D eigenvalue weighted by Crippen LogP contribution is -2.45. The van der Waals surface area contributed by atoms with E-state index < -0.39 is 8.60 Å². The first-order valence-corrected chi connectivity index (χ1v) is 12.6. The van der Waals surface area contributed by atoms with E-state index in [2.05, 4.69) is 27.8 Å². The van der Waals surface area contributed by atoms with Gasteiger partial charge in [-0.3, -0.25) is 0 Å². The summed E-state index contributed by atoms with van der Waals surface area (Å²) >= 11 is 0. The highest BCUT2D eigenvalue weighted by Crippen LogP contribution is 2.38. The Morgan fingerprint density at radius 2 is 1.07 bits per heavy atom. The van der Waals surface area contributed by atoms with Crippen molar-refractivity contribution in [1.29, 1.82) is 0 Å². The number of hydrogen-bond acceptors (Lipinski definition) is 3. The van der Waals surface area contributed by atoms with Gasteiger partial charge in [0.2, 0.25) is 0 Å². The third kappa shape index (κ3) is 16.9. The monoisotopic (exact) mass is 406 g/mol. The number of hydrogen-bond donors (Lipinski definition) is 0. The first kappa shape index (κ1) is 27.3. The fourth-order valence-electron chi connectivity index (χ4n) is 3.10. The van der Waals surface area contributed by atoms with E-state index in [-0.39, 0.29) is 0 Å². The summed E-state index contributed by atoms with van der Waals surface area (Å²) in [6.07, 6.45) is 16.4. The molecule has 27 heavy (non-hydrogen) atoms. The van der Waals surface area contributed by atoms with Crippen LogP contribution in [0.4, 0.5) is 0 Å². The fraction of sp³-hybridized carbons (Fsp3) is 1.00. The van der Waals surface area contributed by atoms with E-state index in [1.165, 1.54) is 70.6 Å². The summed E-state index contributed by atoms with van der Waals surface area (Å²) in [5.41, 5.74) is 0. The predicted molar refractivity (Wildman–Crippen MR) is 119 cm³/mol. The minimum Gasteiger partial charge on any atom is -0.325 e. The maximum atomic E-state index is 5.80. The molecule has 0 spiro atoms. The number of nitrogens with zero attached hydrogens (tertiary/aromatic N) is 1. The van der Waals surface area contributed by atoms with E-state index in [1.54, 1.807) is 7.11 Å². The summed E-state index contributed by atoms with van der Waals surface area (Å²) in [6.45, 7) is 11.5. The summed E-state index contributed by atoms with van der Waals surface area (Å²) < 4.78 is 18.0. The van der Waals surface area contributed by atoms with Gasteiger partial charge in [0.05, 0.1) is 26.7 Å². The van der Waals surface area contributed by atoms with Crippen molar-refractivity contribution in [2.75, 3.05) is 47.0 Å². The predicted octanol–water partition coefficient (Wildman–Crippen LogP) is 7.08. The summed E-state index contributed by atoms with van der Waals surface area (Å²) in [4.78, 5) is 0. The van der Waals surface area contributed by atoms with Gasteiger partial charge in [-0.15, -0.1) is 0 Å². The first-order valence-electron chi connectivity index (χ1n) is 11.6. The van der Waals surface area contributed by atoms with Crippen LogP contribution < -0.4 is 0 Å². The zero-order valence-electron chi connectivity index (χ0n) is 19.1. The zero-order chi connectivity index (χ0) is 20.2. The van der Waals surface area contributed by atoms with Crippen LogP contribution in [0, 0.1) is 0 Å². The Morgan fingerprint density at radius 1 is 0.630 bits per heavy atom. The molecule has 0 aromatic rings. The van der Waals surface area contributed by atoms with Crippen molar-refractivity contribution in [2.24, 2.45) is 0 Å². The van der Waals surface area contributed by atoms with E-state index >= 15 is 0 Å². The highest BCUT2D eigenvalue weighted by atomic mass is 31.2. The molecule has 0 saturated heterocycles. The van der Waals surface area contributed by atoms with Gasteiger partial charge >= 0.3 is 8.60 Å². The molecule has 0 rings (SSSR count). The van der Waals surface area contributed by atoms with Crippen molar-refractivity contribution in [3.8, 4) is 0 Å². The highest BCUT2D eigenvalue weighted by molar-refractivity contribution is 7.41. The van der Waals surface area contributed by atoms with Gasteiger partial charge in [-0.2, -0.15) is 0 Å². The summed E-state index contributed by atoms with van der Waals surface area (Å²) in [5, 5.41) is 0. The lowest BCUT2D eigenvalue weighted by atomic mass is 10.1. The molecule has 1 unspecified atom stereocenters. The normalized spacial score (nSPS) is 13.2. The number of likely N-dealkylation sites (N-methyl/N-ethyl adjacent to an activating group) is 1. The zero-order valence-corrected chi connectivity index (χ0v) is 20.0. The Labute approximate surface area is 171 Å². The topological polar surface area (TPSA) is 27.7 Å². The van der Waals surface area contributed by atoms with Crippen LogP contribution in [0.3, 0.4) is 0 Å². The van der Waals surface area contributed by atoms with E-state index in [4.69, 9.17) is 13.6 Å². The quantitative estimate of drug-likeness (QED) is 0.116. The summed E-state index contributed by atoms with van der Waals surface area (Å²) in [7, 11) is 2.78. The Morgan fingerprint density at radius 3 is 1.52 bits per heavy atom. The molecule has 0 radical (unpaired) electrons. The maximum Gasteiger partial charge on any atom is 0.332 e. The van der Waals surface area contributed by atoms with Gasteiger partial charge < -0.3 is 18.1 Å². The molecule has 0 saturated carbocycles. The van der Waals surface area contributed by atoms with Crippen molar-refractivity contribution in [3.05, 3.63) is 0 Å². The summed E-state index contributed by atoms with van der Waals surface area (Å²) in [5.74, 6) is 0. The standard InChI is InChI=1S/C22H49NO3P/c1-6-9-10-11-12-13-14-15-16-17-18-19-21-25-27(24-5)26-22-20-23(4,7-2)8-3/h6-22H2,1-5H3/q+1. The van der Waals surface area contributed by atoms with Crippen LogP contribution in [-0.4, -0.2) is 51.5 Å². The smallest absolute Gasteiger partial charge is 0.325 e. The average Bonchev–Trinajstić information content (AvgIpc) is 2.69. The molecule has 0 N–H and O–H groups in total. The van der Waals surface area contributed by atoms with E-state index in [9.17, 15) is 0 Å². The molecule has 0 aromatic carbocycles. The molecule has 0 aromatic heterocycles. The molecule has 4 nitrogen and oxygen atoms in total. The third-order valence-corrected chi connectivity index (χ3v) is 6.78. The van der Waals surface area contributed by atoms with Crippen LogP contribution in [0.1, 0.15) is 97.8 Å². The number of unbranched alkanes of at least 4 members (excludes halogenated alkanes) is 11. The van der Waals surface area contributed by atoms with Crippen LogP contribution in [0.15, 0.2) is 0 Å². The lowest BCUT2D eigenvalue weighted by molar-refractivity contribution is -0.906. The van der Waals surface area contributed by atoms with Crippen molar-refractivity contribution in [2.45, 2.75) is 97.8 Å². The van der Waals surface area contributed by atoms with Gasteiger partial charge in [0.1, 0.15) is 13.2 Å². The number of quaternary nitrogens is 1. The average molecular weight is 407 g/mol. The fourth-order valence-corrected chi connectivity index (χ4v) is 3.89. The molecule has 0 heterocycles. The van der Waals surface area contributed by atoms with Crippen LogP contribution in [-0.2, 0) is 13.6 Å². The van der Waals surface area contributed by atoms with Crippen molar-refractivity contribution in [1.82, 2.24) is 0 Å². The van der Waals surface area contributed by atoms with E-state index in [0.29, 0.717) is 6.61 Å². The van der Waals surface area contributed by atoms with Crippen molar-refractivity contribution in [3.63, 3.8) is 0 Å². The van der Waals surface area contributed by atoms with Gasteiger partial charge in [0.15, 0.2) is 0 Å². The lowest BCUT2D eigenvalue weighted by Gasteiger charge is -2.32. The maximum absolute atomic E-state index is 5.80. The molecular weight excluding hydrogens is 357 g/mol. The van der Waals surface area contributed by atoms with E-state index in [0.717, 1.165) is 37.1 Å². The van der Waals surface area contributed by atoms with Gasteiger partial charge in [0.25, 0.3) is 0 Å². The largest absolute Gasteiger partial charge is 0.332 e. The Bertz CT molecular complexity index is 301. The van der Waals surface area contributed by atoms with Crippen LogP contribution in [0.5, 0.6) is 0 Å². The van der Waals surface area contributed by atoms with Gasteiger partial charge in [-0.1, -0.05) is 77.6 Å². The number of rotatable bonds is 21. The molecule has 0 bridgehead atoms. The molecule has 0 aliphatic carbocycles. The van der Waals surface area contributed by atoms with Gasteiger partial charge in [0, 0.05) is 7.11 Å². The Balaban J connectivity index is 3.44. The highest BCUT2D eigenvalue weighted by Gasteiger charge is 2.18. The second-order valence-corrected chi connectivity index (χ2v) is 9.27. The minimum atomic E-state index is -1.17. The molecule has 1 atom stereocenters. The Kier molecular flexibility index (Phi) is 19.8. The van der Waals surface area contributed by atoms with Crippen molar-refractivity contribution >= 4 is 8.60 Å². The molecular formula is C22H49NO3P+. The second-order valence-electron chi connectivity index (χ2n) is 7.94. The first-order chi connectivity index (χ1) is 13.1. The molecule has 164 valence electrons. The Hall–Kier alpha value is 0.270. The molecule has 5 heteroatoms. The minimum absolute atomic E-state index is 0.705. The summed E-state index contributed by atoms with van der Waals surface area (Å²) in [6, 6.07) is 0. The van der Waals surface area contributed by atoms with Gasteiger partial charge in [-0.25, -0.2) is 0 Å². The van der Waals surface area contributed by atoms with Crippen LogP contribution in [0.2, 0.25) is 0 Å². The van der Waals surface area contributed by atoms with Crippen LogP contribution in [0.25, 0.3) is 0 Å². The van der Waals surface area contributed by atoms with E-state index in [1.807, 2.05) is 0 Å². The molecule has 0 amide bonds. The van der Waals surface area contributed by atoms with Crippen molar-refractivity contribution < 1.29 is 18.1 Å². The molecule has 0 aliphatic rings. The molecule has 0 fully saturated rings. The molecule has 0 aliphatic heterocycles. The SMILES string of the molecule is CCCCCCCCCCCCCCOP(OC)OCC[N+](C)(CC)CC. The van der Waals surface area contributed by atoms with Gasteiger partial charge in [-0.05, 0) is 20.3 Å².